The molecular weight excluding hydrogens is 236 g/mol. The number of anilines is 1. The van der Waals surface area contributed by atoms with Crippen LogP contribution in [-0.2, 0) is 0 Å². The third kappa shape index (κ3) is 2.59. The summed E-state index contributed by atoms with van der Waals surface area (Å²) in [5.41, 5.74) is 0.00462. The van der Waals surface area contributed by atoms with Gasteiger partial charge in [0.15, 0.2) is 11.6 Å². The molecule has 0 saturated carbocycles. The lowest BCUT2D eigenvalue weighted by Gasteiger charge is -2.23. The number of hydrogen-bond acceptors (Lipinski definition) is 3. The maximum absolute atomic E-state index is 13.9. The molecule has 18 heavy (non-hydrogen) atoms. The van der Waals surface area contributed by atoms with Crippen LogP contribution in [-0.4, -0.2) is 38.1 Å². The van der Waals surface area contributed by atoms with E-state index < -0.39 is 11.6 Å². The quantitative estimate of drug-likeness (QED) is 0.764. The molecule has 5 heteroatoms. The Morgan fingerprint density at radius 2 is 1.78 bits per heavy atom. The third-order valence-corrected chi connectivity index (χ3v) is 3.18. The number of likely N-dealkylation sites (N-methyl/N-ethyl adjacent to an activating group) is 1. The number of nitrogens with zero attached hydrogens (tertiary/aromatic N) is 3. The normalized spacial score (nSPS) is 17.3. The molecule has 1 aliphatic rings. The molecule has 1 aromatic carbocycles. The predicted molar refractivity (Wildman–Crippen MR) is 65.4 cm³/mol. The summed E-state index contributed by atoms with van der Waals surface area (Å²) in [7, 11) is 2.00. The van der Waals surface area contributed by atoms with Crippen molar-refractivity contribution in [3.63, 3.8) is 0 Å². The Morgan fingerprint density at radius 3 is 2.39 bits per heavy atom. The van der Waals surface area contributed by atoms with E-state index in [1.54, 1.807) is 11.0 Å². The van der Waals surface area contributed by atoms with Crippen molar-refractivity contribution in [1.82, 2.24) is 4.90 Å². The van der Waals surface area contributed by atoms with Crippen LogP contribution in [0.15, 0.2) is 12.1 Å². The van der Waals surface area contributed by atoms with Crippen LogP contribution in [0.3, 0.4) is 0 Å². The molecule has 1 aliphatic heterocycles. The van der Waals surface area contributed by atoms with Crippen molar-refractivity contribution < 1.29 is 8.78 Å². The highest BCUT2D eigenvalue weighted by molar-refractivity contribution is 5.52. The van der Waals surface area contributed by atoms with Gasteiger partial charge in [-0.05, 0) is 32.1 Å². The molecule has 0 amide bonds. The molecule has 1 aromatic rings. The number of hydrogen-bond donors (Lipinski definition) is 0. The van der Waals surface area contributed by atoms with Crippen molar-refractivity contribution in [2.24, 2.45) is 0 Å². The Kier molecular flexibility index (Phi) is 3.78. The van der Waals surface area contributed by atoms with Gasteiger partial charge in [0, 0.05) is 19.6 Å². The van der Waals surface area contributed by atoms with Crippen molar-refractivity contribution >= 4 is 5.69 Å². The SMILES string of the molecule is CN1CCCN(c2c(F)cc(C#N)cc2F)CC1. The van der Waals surface area contributed by atoms with E-state index in [1.165, 1.54) is 0 Å². The van der Waals surface area contributed by atoms with Crippen LogP contribution < -0.4 is 4.90 Å². The molecule has 0 aromatic heterocycles. The molecule has 1 heterocycles. The summed E-state index contributed by atoms with van der Waals surface area (Å²) >= 11 is 0. The van der Waals surface area contributed by atoms with E-state index in [9.17, 15) is 8.78 Å². The zero-order valence-corrected chi connectivity index (χ0v) is 10.3. The predicted octanol–water partition coefficient (Wildman–Crippen LogP) is 1.98. The van der Waals surface area contributed by atoms with E-state index >= 15 is 0 Å². The van der Waals surface area contributed by atoms with Crippen LogP contribution >= 0.6 is 0 Å². The van der Waals surface area contributed by atoms with Crippen LogP contribution in [0.2, 0.25) is 0 Å². The van der Waals surface area contributed by atoms with Gasteiger partial charge in [0.25, 0.3) is 0 Å². The molecular formula is C13H15F2N3. The molecule has 1 fully saturated rings. The minimum absolute atomic E-state index is 0.00991. The van der Waals surface area contributed by atoms with E-state index in [-0.39, 0.29) is 11.3 Å². The van der Waals surface area contributed by atoms with E-state index in [0.717, 1.165) is 31.6 Å². The lowest BCUT2D eigenvalue weighted by Crippen LogP contribution is -2.30. The van der Waals surface area contributed by atoms with Gasteiger partial charge in [0.2, 0.25) is 0 Å². The molecule has 1 saturated heterocycles. The minimum Gasteiger partial charge on any atom is -0.365 e. The summed E-state index contributed by atoms with van der Waals surface area (Å²) in [6, 6.07) is 3.93. The van der Waals surface area contributed by atoms with Gasteiger partial charge in [-0.2, -0.15) is 5.26 Å². The van der Waals surface area contributed by atoms with E-state index in [4.69, 9.17) is 5.26 Å². The zero-order chi connectivity index (χ0) is 13.1. The van der Waals surface area contributed by atoms with Crippen molar-refractivity contribution in [2.75, 3.05) is 38.1 Å². The molecule has 0 spiro atoms. The number of benzene rings is 1. The van der Waals surface area contributed by atoms with E-state index in [2.05, 4.69) is 4.90 Å². The minimum atomic E-state index is -0.656. The Morgan fingerprint density at radius 1 is 1.11 bits per heavy atom. The van der Waals surface area contributed by atoms with Gasteiger partial charge in [-0.15, -0.1) is 0 Å². The van der Waals surface area contributed by atoms with Crippen LogP contribution in [0.1, 0.15) is 12.0 Å². The zero-order valence-electron chi connectivity index (χ0n) is 10.3. The number of halogens is 2. The Balaban J connectivity index is 2.30. The first kappa shape index (κ1) is 12.8. The van der Waals surface area contributed by atoms with Gasteiger partial charge in [0.1, 0.15) is 5.69 Å². The average molecular weight is 251 g/mol. The summed E-state index contributed by atoms with van der Waals surface area (Å²) in [5, 5.41) is 8.66. The van der Waals surface area contributed by atoms with Gasteiger partial charge in [0.05, 0.1) is 11.6 Å². The van der Waals surface area contributed by atoms with Crippen molar-refractivity contribution in [3.05, 3.63) is 29.3 Å². The van der Waals surface area contributed by atoms with Gasteiger partial charge in [-0.1, -0.05) is 0 Å². The Hall–Kier alpha value is -1.67. The average Bonchev–Trinajstić information content (AvgIpc) is 2.53. The Bertz CT molecular complexity index is 459. The van der Waals surface area contributed by atoms with Crippen LogP contribution in [0.5, 0.6) is 0 Å². The third-order valence-electron chi connectivity index (χ3n) is 3.18. The molecule has 0 unspecified atom stereocenters. The highest BCUT2D eigenvalue weighted by Crippen LogP contribution is 2.25. The first-order valence-corrected chi connectivity index (χ1v) is 5.94. The second-order valence-corrected chi connectivity index (χ2v) is 4.54. The molecule has 0 N–H and O–H groups in total. The molecule has 3 nitrogen and oxygen atoms in total. The second kappa shape index (κ2) is 5.32. The standard InChI is InChI=1S/C13H15F2N3/c1-17-3-2-4-18(6-5-17)13-11(14)7-10(9-16)8-12(13)15/h7-8H,2-6H2,1H3. The molecule has 0 radical (unpaired) electrons. The second-order valence-electron chi connectivity index (χ2n) is 4.54. The summed E-state index contributed by atoms with van der Waals surface area (Å²) in [6.07, 6.45) is 0.870. The first-order chi connectivity index (χ1) is 8.61. The van der Waals surface area contributed by atoms with E-state index in [0.29, 0.717) is 13.1 Å². The summed E-state index contributed by atoms with van der Waals surface area (Å²) in [5.74, 6) is -1.31. The summed E-state index contributed by atoms with van der Waals surface area (Å²) in [4.78, 5) is 3.86. The monoisotopic (exact) mass is 251 g/mol. The summed E-state index contributed by atoms with van der Waals surface area (Å²) in [6.45, 7) is 2.93. The Labute approximate surface area is 105 Å². The van der Waals surface area contributed by atoms with Gasteiger partial charge in [-0.3, -0.25) is 0 Å². The topological polar surface area (TPSA) is 30.3 Å². The molecule has 0 aliphatic carbocycles. The maximum atomic E-state index is 13.9. The lowest BCUT2D eigenvalue weighted by atomic mass is 10.2. The first-order valence-electron chi connectivity index (χ1n) is 5.94. The highest BCUT2D eigenvalue weighted by Gasteiger charge is 2.20. The van der Waals surface area contributed by atoms with Crippen molar-refractivity contribution in [3.8, 4) is 6.07 Å². The molecule has 96 valence electrons. The fourth-order valence-electron chi connectivity index (χ4n) is 2.20. The number of nitriles is 1. The fraction of sp³-hybridized carbons (Fsp3) is 0.462. The van der Waals surface area contributed by atoms with Crippen molar-refractivity contribution in [2.45, 2.75) is 6.42 Å². The largest absolute Gasteiger partial charge is 0.365 e. The van der Waals surface area contributed by atoms with Gasteiger partial charge < -0.3 is 9.80 Å². The fourth-order valence-corrected chi connectivity index (χ4v) is 2.20. The number of rotatable bonds is 1. The highest BCUT2D eigenvalue weighted by atomic mass is 19.1. The van der Waals surface area contributed by atoms with Gasteiger partial charge >= 0.3 is 0 Å². The van der Waals surface area contributed by atoms with E-state index in [1.807, 2.05) is 7.05 Å². The maximum Gasteiger partial charge on any atom is 0.150 e. The van der Waals surface area contributed by atoms with Crippen LogP contribution in [0, 0.1) is 23.0 Å². The smallest absolute Gasteiger partial charge is 0.150 e. The molecule has 0 atom stereocenters. The molecule has 2 rings (SSSR count). The van der Waals surface area contributed by atoms with Crippen LogP contribution in [0.25, 0.3) is 0 Å². The van der Waals surface area contributed by atoms with Gasteiger partial charge in [-0.25, -0.2) is 8.78 Å². The molecule has 0 bridgehead atoms. The van der Waals surface area contributed by atoms with Crippen molar-refractivity contribution in [1.29, 1.82) is 5.26 Å². The van der Waals surface area contributed by atoms with Crippen LogP contribution in [0.4, 0.5) is 14.5 Å². The lowest BCUT2D eigenvalue weighted by molar-refractivity contribution is 0.360. The summed E-state index contributed by atoms with van der Waals surface area (Å²) < 4.78 is 27.7.